The van der Waals surface area contributed by atoms with E-state index in [0.717, 1.165) is 17.9 Å². The van der Waals surface area contributed by atoms with Crippen LogP contribution in [-0.4, -0.2) is 19.3 Å². The van der Waals surface area contributed by atoms with Crippen molar-refractivity contribution in [2.45, 2.75) is 13.0 Å². The molecule has 1 atom stereocenters. The molecule has 1 aromatic carbocycles. The van der Waals surface area contributed by atoms with Crippen LogP contribution < -0.4 is 4.74 Å². The lowest BCUT2D eigenvalue weighted by Crippen LogP contribution is -2.05. The Kier molecular flexibility index (Phi) is 2.42. The SMILES string of the molecule is Cc1cccc(Cl)c1OCC1CO1. The summed E-state index contributed by atoms with van der Waals surface area (Å²) in [5, 5.41) is 0.667. The molecule has 13 heavy (non-hydrogen) atoms. The average molecular weight is 199 g/mol. The van der Waals surface area contributed by atoms with Crippen molar-refractivity contribution in [3.8, 4) is 5.75 Å². The summed E-state index contributed by atoms with van der Waals surface area (Å²) < 4.78 is 10.6. The van der Waals surface area contributed by atoms with E-state index in [-0.39, 0.29) is 6.10 Å². The molecule has 1 fully saturated rings. The standard InChI is InChI=1S/C10H11ClO2/c1-7-3-2-4-9(11)10(7)13-6-8-5-12-8/h2-4,8H,5-6H2,1H3. The Labute approximate surface area is 82.4 Å². The highest BCUT2D eigenvalue weighted by molar-refractivity contribution is 6.32. The van der Waals surface area contributed by atoms with E-state index in [1.165, 1.54) is 0 Å². The first kappa shape index (κ1) is 8.85. The molecule has 3 heteroatoms. The predicted molar refractivity (Wildman–Crippen MR) is 51.4 cm³/mol. The van der Waals surface area contributed by atoms with E-state index in [0.29, 0.717) is 11.6 Å². The van der Waals surface area contributed by atoms with E-state index in [4.69, 9.17) is 21.1 Å². The molecular formula is C10H11ClO2. The summed E-state index contributed by atoms with van der Waals surface area (Å²) in [6.07, 6.45) is 0.274. The first-order valence-electron chi connectivity index (χ1n) is 4.27. The van der Waals surface area contributed by atoms with Gasteiger partial charge in [0, 0.05) is 0 Å². The van der Waals surface area contributed by atoms with Gasteiger partial charge >= 0.3 is 0 Å². The summed E-state index contributed by atoms with van der Waals surface area (Å²) in [6, 6.07) is 5.73. The number of aryl methyl sites for hydroxylation is 1. The Bertz CT molecular complexity index is 288. The van der Waals surface area contributed by atoms with Gasteiger partial charge < -0.3 is 9.47 Å². The third-order valence-corrected chi connectivity index (χ3v) is 2.28. The third-order valence-electron chi connectivity index (χ3n) is 1.98. The molecule has 0 aliphatic carbocycles. The summed E-state index contributed by atoms with van der Waals surface area (Å²) in [5.74, 6) is 0.777. The van der Waals surface area contributed by atoms with Gasteiger partial charge in [0.25, 0.3) is 0 Å². The van der Waals surface area contributed by atoms with Gasteiger partial charge in [-0.05, 0) is 18.6 Å². The smallest absolute Gasteiger partial charge is 0.140 e. The zero-order valence-electron chi connectivity index (χ0n) is 7.42. The number of halogens is 1. The minimum absolute atomic E-state index is 0.274. The zero-order chi connectivity index (χ0) is 9.26. The maximum absolute atomic E-state index is 5.97. The summed E-state index contributed by atoms with van der Waals surface area (Å²) in [5.41, 5.74) is 1.06. The predicted octanol–water partition coefficient (Wildman–Crippen LogP) is 2.43. The molecule has 0 bridgehead atoms. The maximum atomic E-state index is 5.97. The maximum Gasteiger partial charge on any atom is 0.140 e. The van der Waals surface area contributed by atoms with Crippen molar-refractivity contribution in [1.29, 1.82) is 0 Å². The van der Waals surface area contributed by atoms with Crippen LogP contribution in [0, 0.1) is 6.92 Å². The van der Waals surface area contributed by atoms with Crippen molar-refractivity contribution >= 4 is 11.6 Å². The fraction of sp³-hybridized carbons (Fsp3) is 0.400. The van der Waals surface area contributed by atoms with Crippen molar-refractivity contribution in [3.05, 3.63) is 28.8 Å². The molecule has 1 unspecified atom stereocenters. The number of para-hydroxylation sites is 1. The second-order valence-corrected chi connectivity index (χ2v) is 3.56. The van der Waals surface area contributed by atoms with Crippen LogP contribution in [-0.2, 0) is 4.74 Å². The highest BCUT2D eigenvalue weighted by atomic mass is 35.5. The minimum Gasteiger partial charge on any atom is -0.489 e. The molecule has 0 amide bonds. The van der Waals surface area contributed by atoms with Crippen LogP contribution in [0.25, 0.3) is 0 Å². The fourth-order valence-corrected chi connectivity index (χ4v) is 1.42. The molecule has 0 spiro atoms. The lowest BCUT2D eigenvalue weighted by molar-refractivity contribution is 0.262. The molecule has 1 aromatic rings. The Morgan fingerprint density at radius 3 is 3.00 bits per heavy atom. The normalized spacial score (nSPS) is 20.0. The summed E-state index contributed by atoms with van der Waals surface area (Å²) in [4.78, 5) is 0. The summed E-state index contributed by atoms with van der Waals surface area (Å²) in [7, 11) is 0. The highest BCUT2D eigenvalue weighted by Crippen LogP contribution is 2.28. The molecule has 0 aromatic heterocycles. The van der Waals surface area contributed by atoms with E-state index in [2.05, 4.69) is 0 Å². The topological polar surface area (TPSA) is 21.8 Å². The largest absolute Gasteiger partial charge is 0.489 e. The van der Waals surface area contributed by atoms with Gasteiger partial charge in [-0.25, -0.2) is 0 Å². The van der Waals surface area contributed by atoms with Crippen LogP contribution in [0.4, 0.5) is 0 Å². The summed E-state index contributed by atoms with van der Waals surface area (Å²) >= 11 is 5.97. The minimum atomic E-state index is 0.274. The van der Waals surface area contributed by atoms with Crippen LogP contribution in [0.3, 0.4) is 0 Å². The van der Waals surface area contributed by atoms with Gasteiger partial charge in [-0.3, -0.25) is 0 Å². The van der Waals surface area contributed by atoms with Crippen LogP contribution in [0.1, 0.15) is 5.56 Å². The third kappa shape index (κ3) is 2.14. The lowest BCUT2D eigenvalue weighted by atomic mass is 10.2. The number of epoxide rings is 1. The van der Waals surface area contributed by atoms with E-state index in [1.54, 1.807) is 0 Å². The molecule has 1 saturated heterocycles. The van der Waals surface area contributed by atoms with Crippen LogP contribution in [0.5, 0.6) is 5.75 Å². The fourth-order valence-electron chi connectivity index (χ4n) is 1.14. The van der Waals surface area contributed by atoms with Gasteiger partial charge in [0.2, 0.25) is 0 Å². The van der Waals surface area contributed by atoms with Crippen molar-refractivity contribution in [2.24, 2.45) is 0 Å². The van der Waals surface area contributed by atoms with Gasteiger partial charge in [-0.15, -0.1) is 0 Å². The van der Waals surface area contributed by atoms with Gasteiger partial charge in [-0.2, -0.15) is 0 Å². The second kappa shape index (κ2) is 3.56. The summed E-state index contributed by atoms with van der Waals surface area (Å²) in [6.45, 7) is 3.39. The number of ether oxygens (including phenoxy) is 2. The zero-order valence-corrected chi connectivity index (χ0v) is 8.17. The average Bonchev–Trinajstić information content (AvgIpc) is 2.87. The highest BCUT2D eigenvalue weighted by Gasteiger charge is 2.23. The molecule has 1 aliphatic rings. The quantitative estimate of drug-likeness (QED) is 0.696. The molecule has 2 rings (SSSR count). The van der Waals surface area contributed by atoms with Crippen molar-refractivity contribution in [3.63, 3.8) is 0 Å². The number of benzene rings is 1. The molecule has 0 saturated carbocycles. The lowest BCUT2D eigenvalue weighted by Gasteiger charge is -2.08. The first-order valence-corrected chi connectivity index (χ1v) is 4.64. The van der Waals surface area contributed by atoms with Gasteiger partial charge in [0.05, 0.1) is 11.6 Å². The van der Waals surface area contributed by atoms with Crippen LogP contribution in [0.2, 0.25) is 5.02 Å². The number of hydrogen-bond donors (Lipinski definition) is 0. The van der Waals surface area contributed by atoms with Gasteiger partial charge in [0.1, 0.15) is 18.5 Å². The Morgan fingerprint density at radius 1 is 1.62 bits per heavy atom. The van der Waals surface area contributed by atoms with Gasteiger partial charge in [-0.1, -0.05) is 23.7 Å². The van der Waals surface area contributed by atoms with E-state index in [9.17, 15) is 0 Å². The van der Waals surface area contributed by atoms with E-state index >= 15 is 0 Å². The Balaban J connectivity index is 2.07. The number of rotatable bonds is 3. The van der Waals surface area contributed by atoms with Crippen LogP contribution >= 0.6 is 11.6 Å². The van der Waals surface area contributed by atoms with Crippen molar-refractivity contribution in [2.75, 3.05) is 13.2 Å². The Hall–Kier alpha value is -0.730. The molecule has 1 heterocycles. The van der Waals surface area contributed by atoms with Gasteiger partial charge in [0.15, 0.2) is 0 Å². The molecule has 2 nitrogen and oxygen atoms in total. The van der Waals surface area contributed by atoms with E-state index in [1.807, 2.05) is 25.1 Å². The Morgan fingerprint density at radius 2 is 2.38 bits per heavy atom. The second-order valence-electron chi connectivity index (χ2n) is 3.15. The van der Waals surface area contributed by atoms with Crippen molar-refractivity contribution in [1.82, 2.24) is 0 Å². The molecule has 70 valence electrons. The molecular weight excluding hydrogens is 188 g/mol. The van der Waals surface area contributed by atoms with E-state index < -0.39 is 0 Å². The molecule has 0 radical (unpaired) electrons. The number of hydrogen-bond acceptors (Lipinski definition) is 2. The molecule has 1 aliphatic heterocycles. The monoisotopic (exact) mass is 198 g/mol. The van der Waals surface area contributed by atoms with Crippen LogP contribution in [0.15, 0.2) is 18.2 Å². The molecule has 0 N–H and O–H groups in total. The first-order chi connectivity index (χ1) is 6.27. The van der Waals surface area contributed by atoms with Crippen molar-refractivity contribution < 1.29 is 9.47 Å².